The average molecular weight is 542 g/mol. The molecule has 0 aliphatic carbocycles. The Morgan fingerprint density at radius 1 is 1.03 bits per heavy atom. The van der Waals surface area contributed by atoms with Crippen LogP contribution in [0.5, 0.6) is 11.5 Å². The summed E-state index contributed by atoms with van der Waals surface area (Å²) in [5.74, 6) is -1.28. The summed E-state index contributed by atoms with van der Waals surface area (Å²) in [6, 6.07) is 11.3. The lowest BCUT2D eigenvalue weighted by molar-refractivity contribution is -0.127. The van der Waals surface area contributed by atoms with E-state index < -0.39 is 41.7 Å². The summed E-state index contributed by atoms with van der Waals surface area (Å²) in [5.41, 5.74) is 0.316. The van der Waals surface area contributed by atoms with Crippen LogP contribution in [0.4, 0.5) is 10.1 Å². The van der Waals surface area contributed by atoms with Crippen LogP contribution in [0.3, 0.4) is 0 Å². The number of hydrogen-bond acceptors (Lipinski definition) is 6. The summed E-state index contributed by atoms with van der Waals surface area (Å²) in [4.78, 5) is 41.7. The number of carbonyl (C=O) groups excluding carboxylic acids is 3. The van der Waals surface area contributed by atoms with Crippen LogP contribution in [0.2, 0.25) is 0 Å². The molecule has 0 spiro atoms. The van der Waals surface area contributed by atoms with Gasteiger partial charge in [0.05, 0.1) is 25.6 Å². The fourth-order valence-electron chi connectivity index (χ4n) is 3.78. The van der Waals surface area contributed by atoms with Gasteiger partial charge in [-0.3, -0.25) is 19.3 Å². The van der Waals surface area contributed by atoms with Gasteiger partial charge >= 0.3 is 0 Å². The van der Waals surface area contributed by atoms with Gasteiger partial charge in [0.1, 0.15) is 11.9 Å². The van der Waals surface area contributed by atoms with E-state index in [1.807, 2.05) is 20.8 Å². The lowest BCUT2D eigenvalue weighted by Crippen LogP contribution is -2.51. The molecule has 0 saturated heterocycles. The van der Waals surface area contributed by atoms with Crippen molar-refractivity contribution in [2.24, 2.45) is 0 Å². The van der Waals surface area contributed by atoms with E-state index in [4.69, 9.17) is 9.47 Å². The molecule has 0 fully saturated rings. The molecule has 1 atom stereocenters. The van der Waals surface area contributed by atoms with E-state index in [1.165, 1.54) is 42.6 Å². The number of halogens is 1. The maximum atomic E-state index is 14.7. The first-order chi connectivity index (χ1) is 17.9. The summed E-state index contributed by atoms with van der Waals surface area (Å²) in [6.45, 7) is 6.63. The predicted octanol–water partition coefficient (Wildman–Crippen LogP) is 4.63. The molecule has 38 heavy (non-hydrogen) atoms. The zero-order valence-corrected chi connectivity index (χ0v) is 23.1. The Hall–Kier alpha value is -3.92. The van der Waals surface area contributed by atoms with E-state index >= 15 is 0 Å². The Balaban J connectivity index is 2.12. The molecule has 3 rings (SSSR count). The van der Waals surface area contributed by atoms with Gasteiger partial charge in [0.2, 0.25) is 11.8 Å². The zero-order chi connectivity index (χ0) is 28.0. The molecular formula is C28H32FN3O5S. The normalized spacial score (nSPS) is 11.9. The van der Waals surface area contributed by atoms with Crippen LogP contribution in [-0.4, -0.2) is 44.0 Å². The van der Waals surface area contributed by atoms with Crippen molar-refractivity contribution in [1.82, 2.24) is 10.6 Å². The van der Waals surface area contributed by atoms with Gasteiger partial charge in [0, 0.05) is 11.2 Å². The van der Waals surface area contributed by atoms with E-state index in [1.54, 1.807) is 48.7 Å². The molecule has 0 aliphatic heterocycles. The van der Waals surface area contributed by atoms with Gasteiger partial charge in [-0.05, 0) is 74.5 Å². The lowest BCUT2D eigenvalue weighted by Gasteiger charge is -2.34. The van der Waals surface area contributed by atoms with E-state index in [0.717, 1.165) is 0 Å². The van der Waals surface area contributed by atoms with Crippen LogP contribution >= 0.6 is 11.3 Å². The van der Waals surface area contributed by atoms with E-state index in [0.29, 0.717) is 27.5 Å². The fraction of sp³-hybridized carbons (Fsp3) is 0.321. The van der Waals surface area contributed by atoms with Crippen molar-refractivity contribution in [3.8, 4) is 11.5 Å². The fourth-order valence-corrected chi connectivity index (χ4v) is 4.42. The van der Waals surface area contributed by atoms with Crippen molar-refractivity contribution in [2.75, 3.05) is 25.7 Å². The van der Waals surface area contributed by atoms with E-state index in [2.05, 4.69) is 10.6 Å². The average Bonchev–Trinajstić information content (AvgIpc) is 3.41. The molecular weight excluding hydrogens is 509 g/mol. The summed E-state index contributed by atoms with van der Waals surface area (Å²) >= 11 is 1.24. The van der Waals surface area contributed by atoms with Gasteiger partial charge in [-0.25, -0.2) is 4.39 Å². The lowest BCUT2D eigenvalue weighted by atomic mass is 10.00. The van der Waals surface area contributed by atoms with E-state index in [-0.39, 0.29) is 5.69 Å². The molecule has 0 radical (unpaired) electrons. The van der Waals surface area contributed by atoms with Crippen LogP contribution in [0.1, 0.15) is 47.6 Å². The van der Waals surface area contributed by atoms with Crippen molar-refractivity contribution >= 4 is 34.7 Å². The highest BCUT2D eigenvalue weighted by atomic mass is 32.1. The molecule has 2 aromatic carbocycles. The Bertz CT molecular complexity index is 1300. The molecule has 2 N–H and O–H groups in total. The number of nitrogens with zero attached hydrogens (tertiary/aromatic N) is 1. The Morgan fingerprint density at radius 3 is 2.32 bits per heavy atom. The van der Waals surface area contributed by atoms with Crippen molar-refractivity contribution in [3.05, 3.63) is 75.7 Å². The van der Waals surface area contributed by atoms with E-state index in [9.17, 15) is 18.8 Å². The molecule has 8 nitrogen and oxygen atoms in total. The Kier molecular flexibility index (Phi) is 9.11. The minimum atomic E-state index is -1.22. The molecule has 0 saturated carbocycles. The van der Waals surface area contributed by atoms with Gasteiger partial charge in [0.25, 0.3) is 5.91 Å². The third-order valence-electron chi connectivity index (χ3n) is 5.58. The second-order valence-electron chi connectivity index (χ2n) is 9.61. The summed E-state index contributed by atoms with van der Waals surface area (Å²) in [7, 11) is 2.95. The largest absolute Gasteiger partial charge is 0.493 e. The Labute approximate surface area is 225 Å². The third-order valence-corrected chi connectivity index (χ3v) is 6.44. The summed E-state index contributed by atoms with van der Waals surface area (Å²) < 4.78 is 25.5. The maximum absolute atomic E-state index is 14.7. The second kappa shape index (κ2) is 12.1. The summed E-state index contributed by atoms with van der Waals surface area (Å²) in [6.07, 6.45) is 0. The van der Waals surface area contributed by atoms with Gasteiger partial charge in [0.15, 0.2) is 11.5 Å². The Morgan fingerprint density at radius 2 is 1.74 bits per heavy atom. The molecule has 10 heteroatoms. The summed E-state index contributed by atoms with van der Waals surface area (Å²) in [5, 5.41) is 7.28. The molecule has 0 bridgehead atoms. The third kappa shape index (κ3) is 6.89. The quantitative estimate of drug-likeness (QED) is 0.412. The van der Waals surface area contributed by atoms with Crippen molar-refractivity contribution < 1.29 is 28.2 Å². The first-order valence-electron chi connectivity index (χ1n) is 11.9. The predicted molar refractivity (Wildman–Crippen MR) is 145 cm³/mol. The first kappa shape index (κ1) is 28.6. The molecule has 202 valence electrons. The number of rotatable bonds is 9. The highest BCUT2D eigenvalue weighted by Gasteiger charge is 2.35. The van der Waals surface area contributed by atoms with Gasteiger partial charge in [-0.1, -0.05) is 18.2 Å². The van der Waals surface area contributed by atoms with Gasteiger partial charge < -0.3 is 20.1 Å². The number of nitrogens with one attached hydrogen (secondary N) is 2. The van der Waals surface area contributed by atoms with Crippen molar-refractivity contribution in [2.45, 2.75) is 39.3 Å². The molecule has 3 amide bonds. The number of benzene rings is 2. The van der Waals surface area contributed by atoms with Crippen LogP contribution in [0.25, 0.3) is 0 Å². The smallest absolute Gasteiger partial charge is 0.261 e. The molecule has 1 aromatic heterocycles. The number of amides is 3. The molecule has 3 aromatic rings. The van der Waals surface area contributed by atoms with Gasteiger partial charge in [-0.15, -0.1) is 11.3 Å². The number of aryl methyl sites for hydroxylation is 1. The monoisotopic (exact) mass is 541 g/mol. The van der Waals surface area contributed by atoms with Crippen molar-refractivity contribution in [1.29, 1.82) is 0 Å². The van der Waals surface area contributed by atoms with Gasteiger partial charge in [-0.2, -0.15) is 0 Å². The highest BCUT2D eigenvalue weighted by molar-refractivity contribution is 7.12. The number of hydrogen-bond donors (Lipinski definition) is 2. The highest BCUT2D eigenvalue weighted by Crippen LogP contribution is 2.35. The zero-order valence-electron chi connectivity index (χ0n) is 22.3. The number of methoxy groups -OCH3 is 2. The van der Waals surface area contributed by atoms with Crippen molar-refractivity contribution in [3.63, 3.8) is 0 Å². The van der Waals surface area contributed by atoms with Crippen LogP contribution < -0.4 is 25.0 Å². The molecule has 0 aliphatic rings. The first-order valence-corrected chi connectivity index (χ1v) is 12.8. The minimum Gasteiger partial charge on any atom is -0.493 e. The van der Waals surface area contributed by atoms with Crippen LogP contribution in [0.15, 0.2) is 53.9 Å². The number of thiophene rings is 1. The SMILES string of the molecule is COc1ccc(C(C(=O)NC(C)(C)C)N(C(=O)CNC(=O)c2cccs2)c2ccc(C)c(F)c2)cc1OC. The standard InChI is InChI=1S/C28H32FN3O5S/c1-17-9-11-19(15-20(17)29)32(24(33)16-30-26(34)23-8-7-13-38-23)25(27(35)31-28(2,3)4)18-10-12-21(36-5)22(14-18)37-6/h7-15,25H,16H2,1-6H3,(H,30,34)(H,31,35). The number of anilines is 1. The number of carbonyl (C=O) groups is 3. The number of ether oxygens (including phenoxy) is 2. The molecule has 1 unspecified atom stereocenters. The van der Waals surface area contributed by atoms with Crippen LogP contribution in [-0.2, 0) is 9.59 Å². The minimum absolute atomic E-state index is 0.160. The maximum Gasteiger partial charge on any atom is 0.261 e. The topological polar surface area (TPSA) is 97.0 Å². The van der Waals surface area contributed by atoms with Crippen LogP contribution in [0, 0.1) is 12.7 Å². The second-order valence-corrected chi connectivity index (χ2v) is 10.6. The molecule has 1 heterocycles.